The number of carbonyl (C=O) groups is 1. The van der Waals surface area contributed by atoms with Crippen molar-refractivity contribution in [2.45, 2.75) is 38.4 Å². The molecule has 2 aromatic rings. The van der Waals surface area contributed by atoms with Gasteiger partial charge in [-0.3, -0.25) is 19.1 Å². The average molecular weight is 340 g/mol. The molecule has 2 N–H and O–H groups in total. The Morgan fingerprint density at radius 1 is 1.39 bits per heavy atom. The van der Waals surface area contributed by atoms with Crippen molar-refractivity contribution in [3.63, 3.8) is 0 Å². The minimum absolute atomic E-state index is 0.00728. The number of nitrogens with zero attached hydrogens (tertiary/aromatic N) is 3. The van der Waals surface area contributed by atoms with Crippen LogP contribution in [0.5, 0.6) is 0 Å². The molecule has 0 aliphatic heterocycles. The largest absolute Gasteiger partial charge is 0.481 e. The number of aromatic amines is 1. The highest BCUT2D eigenvalue weighted by Crippen LogP contribution is 2.23. The third-order valence-electron chi connectivity index (χ3n) is 3.45. The van der Waals surface area contributed by atoms with Gasteiger partial charge >= 0.3 is 11.7 Å². The smallest absolute Gasteiger partial charge is 0.329 e. The Kier molecular flexibility index (Phi) is 5.30. The standard InChI is InChI=1S/C14H20N4O4S/c1-8(2)4-6-18-10-11(17(3)13(22)16-12(10)21)15-14(18)23-7-5-9(19)20/h8H,4-7H2,1-3H3,(H,19,20)(H,16,21,22). The molecule has 9 heteroatoms. The summed E-state index contributed by atoms with van der Waals surface area (Å²) in [5, 5.41) is 9.32. The fraction of sp³-hybridized carbons (Fsp3) is 0.571. The number of carboxylic acids is 1. The summed E-state index contributed by atoms with van der Waals surface area (Å²) in [4.78, 5) is 41.2. The summed E-state index contributed by atoms with van der Waals surface area (Å²) in [5.41, 5.74) is -0.312. The van der Waals surface area contributed by atoms with Crippen LogP contribution < -0.4 is 11.2 Å². The zero-order valence-electron chi connectivity index (χ0n) is 13.3. The van der Waals surface area contributed by atoms with E-state index < -0.39 is 17.2 Å². The molecule has 126 valence electrons. The molecule has 0 unspecified atom stereocenters. The molecular formula is C14H20N4O4S. The number of aliphatic carboxylic acids is 1. The first-order valence-corrected chi connectivity index (χ1v) is 8.34. The van der Waals surface area contributed by atoms with Crippen LogP contribution in [0.3, 0.4) is 0 Å². The van der Waals surface area contributed by atoms with Crippen molar-refractivity contribution in [2.24, 2.45) is 13.0 Å². The number of hydrogen-bond donors (Lipinski definition) is 2. The number of hydrogen-bond acceptors (Lipinski definition) is 5. The van der Waals surface area contributed by atoms with Crippen LogP contribution in [0, 0.1) is 5.92 Å². The van der Waals surface area contributed by atoms with Crippen molar-refractivity contribution in [2.75, 3.05) is 5.75 Å². The Morgan fingerprint density at radius 2 is 2.09 bits per heavy atom. The molecule has 0 bridgehead atoms. The average Bonchev–Trinajstić information content (AvgIpc) is 2.81. The number of aromatic nitrogens is 4. The minimum atomic E-state index is -0.882. The third-order valence-corrected chi connectivity index (χ3v) is 4.43. The van der Waals surface area contributed by atoms with E-state index in [1.54, 1.807) is 11.6 Å². The number of carboxylic acid groups (broad SMARTS) is 1. The molecule has 0 radical (unpaired) electrons. The summed E-state index contributed by atoms with van der Waals surface area (Å²) in [6.07, 6.45) is 0.855. The Balaban J connectivity index is 2.50. The molecule has 0 spiro atoms. The molecule has 2 rings (SSSR count). The fourth-order valence-corrected chi connectivity index (χ4v) is 3.10. The van der Waals surface area contributed by atoms with Gasteiger partial charge in [-0.2, -0.15) is 0 Å². The van der Waals surface area contributed by atoms with E-state index in [0.29, 0.717) is 34.5 Å². The molecule has 0 atom stereocenters. The third kappa shape index (κ3) is 3.84. The maximum absolute atomic E-state index is 12.2. The zero-order valence-corrected chi connectivity index (χ0v) is 14.1. The second-order valence-corrected chi connectivity index (χ2v) is 6.77. The van der Waals surface area contributed by atoms with Crippen molar-refractivity contribution >= 4 is 28.9 Å². The van der Waals surface area contributed by atoms with Gasteiger partial charge in [-0.15, -0.1) is 0 Å². The second kappa shape index (κ2) is 7.03. The predicted octanol–water partition coefficient (Wildman–Crippen LogP) is 1.04. The van der Waals surface area contributed by atoms with Gasteiger partial charge in [-0.25, -0.2) is 9.78 Å². The summed E-state index contributed by atoms with van der Waals surface area (Å²) in [6, 6.07) is 0. The lowest BCUT2D eigenvalue weighted by Crippen LogP contribution is -2.29. The van der Waals surface area contributed by atoms with E-state index in [1.807, 2.05) is 0 Å². The van der Waals surface area contributed by atoms with Gasteiger partial charge in [0.15, 0.2) is 16.3 Å². The normalized spacial score (nSPS) is 11.5. The summed E-state index contributed by atoms with van der Waals surface area (Å²) in [5.74, 6) is -0.0878. The summed E-state index contributed by atoms with van der Waals surface area (Å²) in [7, 11) is 1.55. The Morgan fingerprint density at radius 3 is 2.70 bits per heavy atom. The van der Waals surface area contributed by atoms with Gasteiger partial charge in [0, 0.05) is 19.3 Å². The molecule has 2 aromatic heterocycles. The van der Waals surface area contributed by atoms with E-state index >= 15 is 0 Å². The summed E-state index contributed by atoms with van der Waals surface area (Å²) >= 11 is 1.28. The van der Waals surface area contributed by atoms with Crippen LogP contribution in [0.2, 0.25) is 0 Å². The van der Waals surface area contributed by atoms with Crippen LogP contribution in [-0.2, 0) is 18.4 Å². The Hall–Kier alpha value is -2.03. The first-order chi connectivity index (χ1) is 10.8. The number of imidazole rings is 1. The van der Waals surface area contributed by atoms with Gasteiger partial charge < -0.3 is 9.67 Å². The number of nitrogens with one attached hydrogen (secondary N) is 1. The monoisotopic (exact) mass is 340 g/mol. The van der Waals surface area contributed by atoms with E-state index in [2.05, 4.69) is 23.8 Å². The van der Waals surface area contributed by atoms with Gasteiger partial charge in [0.25, 0.3) is 5.56 Å². The van der Waals surface area contributed by atoms with Crippen LogP contribution in [0.25, 0.3) is 11.2 Å². The molecule has 2 heterocycles. The quantitative estimate of drug-likeness (QED) is 0.729. The molecule has 0 amide bonds. The molecular weight excluding hydrogens is 320 g/mol. The lowest BCUT2D eigenvalue weighted by molar-refractivity contribution is -0.136. The maximum Gasteiger partial charge on any atom is 0.329 e. The second-order valence-electron chi connectivity index (χ2n) is 5.71. The number of H-pyrrole nitrogens is 1. The Labute approximate surface area is 136 Å². The topological polar surface area (TPSA) is 110 Å². The van der Waals surface area contributed by atoms with E-state index in [9.17, 15) is 14.4 Å². The van der Waals surface area contributed by atoms with Crippen LogP contribution in [0.1, 0.15) is 26.7 Å². The first-order valence-electron chi connectivity index (χ1n) is 7.35. The van der Waals surface area contributed by atoms with Crippen LogP contribution >= 0.6 is 11.8 Å². The SMILES string of the molecule is CC(C)CCn1c(SCCC(=O)O)nc2c1c(=O)[nH]c(=O)n2C. The summed E-state index contributed by atoms with van der Waals surface area (Å²) in [6.45, 7) is 4.75. The lowest BCUT2D eigenvalue weighted by atomic mass is 10.1. The fourth-order valence-electron chi connectivity index (χ4n) is 2.15. The molecule has 23 heavy (non-hydrogen) atoms. The molecule has 0 fully saturated rings. The number of aryl methyl sites for hydroxylation is 2. The molecule has 0 saturated heterocycles. The van der Waals surface area contributed by atoms with Crippen molar-refractivity contribution < 1.29 is 9.90 Å². The molecule has 0 aliphatic rings. The van der Waals surface area contributed by atoms with Gasteiger partial charge in [0.05, 0.1) is 6.42 Å². The number of fused-ring (bicyclic) bond motifs is 1. The number of thioether (sulfide) groups is 1. The lowest BCUT2D eigenvalue weighted by Gasteiger charge is -2.09. The zero-order chi connectivity index (χ0) is 17.1. The van der Waals surface area contributed by atoms with Crippen molar-refractivity contribution in [1.29, 1.82) is 0 Å². The molecule has 0 aromatic carbocycles. The van der Waals surface area contributed by atoms with Crippen LogP contribution in [-0.4, -0.2) is 35.9 Å². The minimum Gasteiger partial charge on any atom is -0.481 e. The van der Waals surface area contributed by atoms with Crippen LogP contribution in [0.4, 0.5) is 0 Å². The van der Waals surface area contributed by atoms with Gasteiger partial charge in [-0.05, 0) is 12.3 Å². The Bertz CT molecular complexity index is 834. The molecule has 0 saturated carbocycles. The van der Waals surface area contributed by atoms with Gasteiger partial charge in [0.2, 0.25) is 0 Å². The molecule has 0 aliphatic carbocycles. The van der Waals surface area contributed by atoms with Crippen molar-refractivity contribution in [3.8, 4) is 0 Å². The maximum atomic E-state index is 12.2. The van der Waals surface area contributed by atoms with Gasteiger partial charge in [0.1, 0.15) is 0 Å². The first kappa shape index (κ1) is 17.3. The highest BCUT2D eigenvalue weighted by molar-refractivity contribution is 7.99. The van der Waals surface area contributed by atoms with E-state index in [1.165, 1.54) is 16.3 Å². The van der Waals surface area contributed by atoms with Crippen LogP contribution in [0.15, 0.2) is 14.7 Å². The highest BCUT2D eigenvalue weighted by atomic mass is 32.2. The van der Waals surface area contributed by atoms with E-state index in [-0.39, 0.29) is 6.42 Å². The summed E-state index contributed by atoms with van der Waals surface area (Å²) < 4.78 is 3.07. The highest BCUT2D eigenvalue weighted by Gasteiger charge is 2.18. The predicted molar refractivity (Wildman–Crippen MR) is 88.0 cm³/mol. The van der Waals surface area contributed by atoms with Crippen molar-refractivity contribution in [1.82, 2.24) is 19.1 Å². The van der Waals surface area contributed by atoms with Gasteiger partial charge in [-0.1, -0.05) is 25.6 Å². The van der Waals surface area contributed by atoms with Crippen molar-refractivity contribution in [3.05, 3.63) is 20.8 Å². The molecule has 8 nitrogen and oxygen atoms in total. The van der Waals surface area contributed by atoms with E-state index in [0.717, 1.165) is 6.42 Å². The number of rotatable bonds is 7. The van der Waals surface area contributed by atoms with E-state index in [4.69, 9.17) is 5.11 Å².